The van der Waals surface area contributed by atoms with Crippen molar-refractivity contribution >= 4 is 5.96 Å². The number of rotatable bonds is 5. The van der Waals surface area contributed by atoms with Crippen LogP contribution in [-0.4, -0.2) is 34.7 Å². The van der Waals surface area contributed by atoms with Crippen molar-refractivity contribution < 1.29 is 0 Å². The Morgan fingerprint density at radius 2 is 1.81 bits per heavy atom. The highest BCUT2D eigenvalue weighted by Gasteiger charge is 2.04. The second-order valence-corrected chi connectivity index (χ2v) is 6.48. The Labute approximate surface area is 155 Å². The molecule has 0 saturated carbocycles. The standard InChI is InChI=1S/C21H25N5/c1-25(2)21(22-13-17-8-5-4-6-9-17)23-14-18-10-7-11-19(12-18)20-15-24-26(3)16-20/h4-12,15-16H,13-14H2,1-3H3,(H,22,23). The fourth-order valence-electron chi connectivity index (χ4n) is 2.72. The van der Waals surface area contributed by atoms with Crippen LogP contribution in [0.3, 0.4) is 0 Å². The maximum absolute atomic E-state index is 4.76. The molecule has 0 saturated heterocycles. The lowest BCUT2D eigenvalue weighted by Crippen LogP contribution is -2.36. The van der Waals surface area contributed by atoms with Crippen LogP contribution in [-0.2, 0) is 20.1 Å². The van der Waals surface area contributed by atoms with Crippen molar-refractivity contribution in [2.45, 2.75) is 13.1 Å². The molecule has 5 heteroatoms. The van der Waals surface area contributed by atoms with E-state index in [4.69, 9.17) is 4.99 Å². The van der Waals surface area contributed by atoms with Crippen molar-refractivity contribution in [3.63, 3.8) is 0 Å². The van der Waals surface area contributed by atoms with Crippen molar-refractivity contribution in [3.05, 3.63) is 78.1 Å². The number of hydrogen-bond donors (Lipinski definition) is 1. The van der Waals surface area contributed by atoms with E-state index < -0.39 is 0 Å². The maximum atomic E-state index is 4.76. The van der Waals surface area contributed by atoms with Gasteiger partial charge in [-0.2, -0.15) is 5.10 Å². The zero-order valence-corrected chi connectivity index (χ0v) is 15.6. The Kier molecular flexibility index (Phi) is 5.69. The number of guanidine groups is 1. The first-order valence-electron chi connectivity index (χ1n) is 8.69. The van der Waals surface area contributed by atoms with Crippen LogP contribution in [0.25, 0.3) is 11.1 Å². The highest BCUT2D eigenvalue weighted by Crippen LogP contribution is 2.19. The number of nitrogens with zero attached hydrogens (tertiary/aromatic N) is 4. The Bertz CT molecular complexity index is 865. The van der Waals surface area contributed by atoms with Gasteiger partial charge in [0, 0.05) is 39.4 Å². The van der Waals surface area contributed by atoms with Crippen LogP contribution in [0, 0.1) is 0 Å². The zero-order valence-electron chi connectivity index (χ0n) is 15.6. The van der Waals surface area contributed by atoms with Gasteiger partial charge in [0.2, 0.25) is 0 Å². The molecule has 134 valence electrons. The minimum absolute atomic E-state index is 0.628. The third-order valence-electron chi connectivity index (χ3n) is 4.09. The van der Waals surface area contributed by atoms with Crippen LogP contribution < -0.4 is 5.32 Å². The number of nitrogens with one attached hydrogen (secondary N) is 1. The summed E-state index contributed by atoms with van der Waals surface area (Å²) in [5.41, 5.74) is 4.69. The Morgan fingerprint density at radius 1 is 1.04 bits per heavy atom. The SMILES string of the molecule is CN(C)C(=NCc1cccc(-c2cnn(C)c2)c1)NCc1ccccc1. The van der Waals surface area contributed by atoms with Crippen molar-refractivity contribution in [1.29, 1.82) is 0 Å². The van der Waals surface area contributed by atoms with Gasteiger partial charge in [-0.25, -0.2) is 4.99 Å². The van der Waals surface area contributed by atoms with Crippen molar-refractivity contribution in [1.82, 2.24) is 20.0 Å². The molecule has 1 heterocycles. The van der Waals surface area contributed by atoms with Gasteiger partial charge in [0.15, 0.2) is 5.96 Å². The summed E-state index contributed by atoms with van der Waals surface area (Å²) in [5, 5.41) is 7.66. The average molecular weight is 347 g/mol. The van der Waals surface area contributed by atoms with Crippen LogP contribution in [0.4, 0.5) is 0 Å². The molecule has 0 atom stereocenters. The van der Waals surface area contributed by atoms with Gasteiger partial charge < -0.3 is 10.2 Å². The largest absolute Gasteiger partial charge is 0.352 e. The number of aryl methyl sites for hydroxylation is 1. The summed E-state index contributed by atoms with van der Waals surface area (Å²) in [7, 11) is 5.94. The van der Waals surface area contributed by atoms with Crippen LogP contribution in [0.5, 0.6) is 0 Å². The smallest absolute Gasteiger partial charge is 0.194 e. The predicted molar refractivity (Wildman–Crippen MR) is 107 cm³/mol. The first-order chi connectivity index (χ1) is 12.6. The Hall–Kier alpha value is -3.08. The van der Waals surface area contributed by atoms with Crippen molar-refractivity contribution in [2.75, 3.05) is 14.1 Å². The molecule has 0 unspecified atom stereocenters. The maximum Gasteiger partial charge on any atom is 0.194 e. The minimum atomic E-state index is 0.628. The molecule has 1 aromatic heterocycles. The summed E-state index contributed by atoms with van der Waals surface area (Å²) < 4.78 is 1.82. The van der Waals surface area contributed by atoms with Crippen LogP contribution in [0.15, 0.2) is 72.0 Å². The van der Waals surface area contributed by atoms with E-state index in [9.17, 15) is 0 Å². The van der Waals surface area contributed by atoms with Crippen LogP contribution in [0.1, 0.15) is 11.1 Å². The highest BCUT2D eigenvalue weighted by molar-refractivity contribution is 5.79. The number of benzene rings is 2. The van der Waals surface area contributed by atoms with Crippen LogP contribution >= 0.6 is 0 Å². The molecular weight excluding hydrogens is 322 g/mol. The number of aliphatic imine (C=N–C) groups is 1. The Morgan fingerprint density at radius 3 is 2.50 bits per heavy atom. The number of aromatic nitrogens is 2. The molecule has 0 amide bonds. The third-order valence-corrected chi connectivity index (χ3v) is 4.09. The van der Waals surface area contributed by atoms with Gasteiger partial charge in [0.25, 0.3) is 0 Å². The molecule has 3 aromatic rings. The summed E-state index contributed by atoms with van der Waals surface area (Å²) in [4.78, 5) is 6.77. The molecule has 5 nitrogen and oxygen atoms in total. The van der Waals surface area contributed by atoms with Gasteiger partial charge in [-0.3, -0.25) is 4.68 Å². The molecule has 0 radical (unpaired) electrons. The lowest BCUT2D eigenvalue weighted by molar-refractivity contribution is 0.578. The predicted octanol–water partition coefficient (Wildman–Crippen LogP) is 3.29. The first-order valence-corrected chi connectivity index (χ1v) is 8.69. The minimum Gasteiger partial charge on any atom is -0.352 e. The summed E-state index contributed by atoms with van der Waals surface area (Å²) >= 11 is 0. The van der Waals surface area contributed by atoms with E-state index >= 15 is 0 Å². The monoisotopic (exact) mass is 347 g/mol. The molecule has 2 aromatic carbocycles. The van der Waals surface area contributed by atoms with Gasteiger partial charge in [0.1, 0.15) is 0 Å². The number of hydrogen-bond acceptors (Lipinski definition) is 2. The second-order valence-electron chi connectivity index (χ2n) is 6.48. The summed E-state index contributed by atoms with van der Waals surface area (Å²) in [6.45, 7) is 1.39. The van der Waals surface area contributed by atoms with E-state index in [-0.39, 0.29) is 0 Å². The normalized spacial score (nSPS) is 11.4. The van der Waals surface area contributed by atoms with Gasteiger partial charge >= 0.3 is 0 Å². The van der Waals surface area contributed by atoms with Gasteiger partial charge in [0.05, 0.1) is 12.7 Å². The molecule has 0 aliphatic heterocycles. The van der Waals surface area contributed by atoms with E-state index in [1.807, 2.05) is 61.3 Å². The molecule has 0 fully saturated rings. The van der Waals surface area contributed by atoms with Gasteiger partial charge in [-0.05, 0) is 22.8 Å². The average Bonchev–Trinajstić information content (AvgIpc) is 3.09. The molecule has 0 spiro atoms. The van der Waals surface area contributed by atoms with Gasteiger partial charge in [-0.1, -0.05) is 48.5 Å². The molecular formula is C21H25N5. The van der Waals surface area contributed by atoms with E-state index in [1.165, 1.54) is 11.1 Å². The van der Waals surface area contributed by atoms with E-state index in [1.54, 1.807) is 0 Å². The lowest BCUT2D eigenvalue weighted by atomic mass is 10.1. The molecule has 3 rings (SSSR count). The Balaban J connectivity index is 1.69. The highest BCUT2D eigenvalue weighted by atomic mass is 15.3. The van der Waals surface area contributed by atoms with Crippen molar-refractivity contribution in [3.8, 4) is 11.1 Å². The van der Waals surface area contributed by atoms with E-state index in [0.29, 0.717) is 6.54 Å². The lowest BCUT2D eigenvalue weighted by Gasteiger charge is -2.18. The van der Waals surface area contributed by atoms with Crippen molar-refractivity contribution in [2.24, 2.45) is 12.0 Å². The fraction of sp³-hybridized carbons (Fsp3) is 0.238. The summed E-state index contributed by atoms with van der Waals surface area (Å²) in [6, 6.07) is 18.8. The summed E-state index contributed by atoms with van der Waals surface area (Å²) in [5.74, 6) is 0.876. The zero-order chi connectivity index (χ0) is 18.4. The summed E-state index contributed by atoms with van der Waals surface area (Å²) in [6.07, 6.45) is 3.91. The topological polar surface area (TPSA) is 45.5 Å². The molecule has 0 bridgehead atoms. The first kappa shape index (κ1) is 17.7. The molecule has 1 N–H and O–H groups in total. The molecule has 26 heavy (non-hydrogen) atoms. The molecule has 0 aliphatic carbocycles. The van der Waals surface area contributed by atoms with Gasteiger partial charge in [-0.15, -0.1) is 0 Å². The fourth-order valence-corrected chi connectivity index (χ4v) is 2.72. The third kappa shape index (κ3) is 4.72. The molecule has 0 aliphatic rings. The second kappa shape index (κ2) is 8.34. The van der Waals surface area contributed by atoms with E-state index in [0.717, 1.165) is 23.6 Å². The van der Waals surface area contributed by atoms with Crippen LogP contribution in [0.2, 0.25) is 0 Å². The van der Waals surface area contributed by atoms with E-state index in [2.05, 4.69) is 46.8 Å². The quantitative estimate of drug-likeness (QED) is 0.569.